The van der Waals surface area contributed by atoms with Crippen LogP contribution < -0.4 is 0 Å². The van der Waals surface area contributed by atoms with Crippen LogP contribution in [-0.2, 0) is 9.59 Å². The zero-order valence-corrected chi connectivity index (χ0v) is 13.8. The van der Waals surface area contributed by atoms with Gasteiger partial charge in [0.15, 0.2) is 0 Å². The van der Waals surface area contributed by atoms with Gasteiger partial charge in [0.2, 0.25) is 0 Å². The molecule has 2 aliphatic carbocycles. The first kappa shape index (κ1) is 19.0. The molecule has 0 aromatic carbocycles. The summed E-state index contributed by atoms with van der Waals surface area (Å²) >= 11 is 0. The van der Waals surface area contributed by atoms with E-state index in [2.05, 4.69) is 0 Å². The highest BCUT2D eigenvalue weighted by atomic mass is 16.4. The number of rotatable bonds is 6. The Bertz CT molecular complexity index is 283. The van der Waals surface area contributed by atoms with Crippen molar-refractivity contribution in [2.24, 2.45) is 11.8 Å². The van der Waals surface area contributed by atoms with Crippen LogP contribution in [0.25, 0.3) is 0 Å². The molecule has 0 aromatic rings. The second kappa shape index (κ2) is 11.5. The highest BCUT2D eigenvalue weighted by Crippen LogP contribution is 2.27. The smallest absolute Gasteiger partial charge is 0.303 e. The first-order chi connectivity index (χ1) is 10.6. The summed E-state index contributed by atoms with van der Waals surface area (Å²) in [4.78, 5) is 20.5. The van der Waals surface area contributed by atoms with Crippen molar-refractivity contribution < 1.29 is 19.8 Å². The fourth-order valence-electron chi connectivity index (χ4n) is 3.61. The topological polar surface area (TPSA) is 74.6 Å². The van der Waals surface area contributed by atoms with Crippen molar-refractivity contribution in [1.82, 2.24) is 0 Å². The monoisotopic (exact) mass is 312 g/mol. The van der Waals surface area contributed by atoms with Crippen molar-refractivity contribution in [2.45, 2.75) is 89.9 Å². The average Bonchev–Trinajstić information content (AvgIpc) is 2.53. The standard InChI is InChI=1S/2C9H16O2/c2*10-9(11)7-6-8-4-2-1-3-5-8/h2*8H,1-7H2,(H,10,11). The van der Waals surface area contributed by atoms with Gasteiger partial charge in [-0.1, -0.05) is 64.2 Å². The minimum absolute atomic E-state index is 0.366. The molecule has 2 fully saturated rings. The van der Waals surface area contributed by atoms with Crippen LogP contribution in [0.4, 0.5) is 0 Å². The van der Waals surface area contributed by atoms with Crippen molar-refractivity contribution in [3.05, 3.63) is 0 Å². The molecule has 2 N–H and O–H groups in total. The number of carbonyl (C=O) groups is 2. The highest BCUT2D eigenvalue weighted by Gasteiger charge is 2.14. The molecule has 0 atom stereocenters. The van der Waals surface area contributed by atoms with Crippen LogP contribution in [0.15, 0.2) is 0 Å². The van der Waals surface area contributed by atoms with Crippen molar-refractivity contribution in [3.63, 3.8) is 0 Å². The van der Waals surface area contributed by atoms with Crippen LogP contribution in [0.3, 0.4) is 0 Å². The summed E-state index contributed by atoms with van der Waals surface area (Å²) in [6.45, 7) is 0. The Labute approximate surface area is 134 Å². The fraction of sp³-hybridized carbons (Fsp3) is 0.889. The van der Waals surface area contributed by atoms with Crippen LogP contribution in [0.2, 0.25) is 0 Å². The van der Waals surface area contributed by atoms with Crippen LogP contribution in [-0.4, -0.2) is 22.2 Å². The maximum absolute atomic E-state index is 10.2. The Morgan fingerprint density at radius 2 is 0.955 bits per heavy atom. The van der Waals surface area contributed by atoms with Gasteiger partial charge in [-0.3, -0.25) is 9.59 Å². The molecule has 0 amide bonds. The first-order valence-corrected chi connectivity index (χ1v) is 9.01. The molecule has 0 aliphatic heterocycles. The number of carboxylic acid groups (broad SMARTS) is 2. The zero-order chi connectivity index (χ0) is 16.2. The van der Waals surface area contributed by atoms with E-state index in [1.54, 1.807) is 0 Å². The Kier molecular flexibility index (Phi) is 9.93. The van der Waals surface area contributed by atoms with Crippen molar-refractivity contribution >= 4 is 11.9 Å². The molecule has 0 radical (unpaired) electrons. The maximum Gasteiger partial charge on any atom is 0.303 e. The van der Waals surface area contributed by atoms with Gasteiger partial charge in [0.1, 0.15) is 0 Å². The van der Waals surface area contributed by atoms with E-state index in [9.17, 15) is 9.59 Å². The summed E-state index contributed by atoms with van der Waals surface area (Å²) in [6, 6.07) is 0. The lowest BCUT2D eigenvalue weighted by molar-refractivity contribution is -0.138. The quantitative estimate of drug-likeness (QED) is 0.734. The van der Waals surface area contributed by atoms with E-state index in [1.807, 2.05) is 0 Å². The number of carboxylic acids is 2. The van der Waals surface area contributed by atoms with Gasteiger partial charge in [-0.05, 0) is 24.7 Å². The minimum Gasteiger partial charge on any atom is -0.481 e. The molecule has 128 valence electrons. The second-order valence-electron chi connectivity index (χ2n) is 6.87. The molecule has 0 aromatic heterocycles. The van der Waals surface area contributed by atoms with Crippen LogP contribution in [0.1, 0.15) is 89.9 Å². The minimum atomic E-state index is -0.643. The summed E-state index contributed by atoms with van der Waals surface area (Å²) in [6.07, 6.45) is 15.5. The van der Waals surface area contributed by atoms with Crippen LogP contribution in [0, 0.1) is 11.8 Å². The van der Waals surface area contributed by atoms with Crippen molar-refractivity contribution in [1.29, 1.82) is 0 Å². The van der Waals surface area contributed by atoms with E-state index in [4.69, 9.17) is 10.2 Å². The van der Waals surface area contributed by atoms with Gasteiger partial charge < -0.3 is 10.2 Å². The predicted octanol–water partition coefficient (Wildman–Crippen LogP) is 4.86. The Hall–Kier alpha value is -1.06. The summed E-state index contributed by atoms with van der Waals surface area (Å²) in [5.41, 5.74) is 0. The van der Waals surface area contributed by atoms with Gasteiger partial charge in [-0.2, -0.15) is 0 Å². The Morgan fingerprint density at radius 3 is 1.23 bits per heavy atom. The second-order valence-corrected chi connectivity index (χ2v) is 6.87. The van der Waals surface area contributed by atoms with Crippen molar-refractivity contribution in [3.8, 4) is 0 Å². The normalized spacial score (nSPS) is 20.0. The molecule has 0 heterocycles. The van der Waals surface area contributed by atoms with Crippen molar-refractivity contribution in [2.75, 3.05) is 0 Å². The molecular formula is C18H32O4. The van der Waals surface area contributed by atoms with E-state index in [1.165, 1.54) is 64.2 Å². The molecule has 0 unspecified atom stereocenters. The molecule has 2 saturated carbocycles. The molecule has 22 heavy (non-hydrogen) atoms. The summed E-state index contributed by atoms with van der Waals surface area (Å²) in [7, 11) is 0. The zero-order valence-electron chi connectivity index (χ0n) is 13.8. The average molecular weight is 312 g/mol. The third-order valence-corrected chi connectivity index (χ3v) is 4.98. The Balaban J connectivity index is 0.000000220. The van der Waals surface area contributed by atoms with E-state index in [0.717, 1.165) is 12.8 Å². The Morgan fingerprint density at radius 1 is 0.636 bits per heavy atom. The van der Waals surface area contributed by atoms with E-state index in [-0.39, 0.29) is 0 Å². The molecular weight excluding hydrogens is 280 g/mol. The summed E-state index contributed by atoms with van der Waals surface area (Å²) < 4.78 is 0. The summed E-state index contributed by atoms with van der Waals surface area (Å²) in [5, 5.41) is 16.9. The molecule has 0 bridgehead atoms. The molecule has 0 spiro atoms. The molecule has 4 nitrogen and oxygen atoms in total. The van der Waals surface area contributed by atoms with Gasteiger partial charge in [-0.25, -0.2) is 0 Å². The molecule has 2 rings (SSSR count). The third-order valence-electron chi connectivity index (χ3n) is 4.98. The molecule has 0 saturated heterocycles. The number of aliphatic carboxylic acids is 2. The number of hydrogen-bond donors (Lipinski definition) is 2. The van der Waals surface area contributed by atoms with E-state index < -0.39 is 11.9 Å². The summed E-state index contributed by atoms with van der Waals surface area (Å²) in [5.74, 6) is 0.130. The van der Waals surface area contributed by atoms with Gasteiger partial charge in [0, 0.05) is 12.8 Å². The lowest BCUT2D eigenvalue weighted by Gasteiger charge is -2.20. The lowest BCUT2D eigenvalue weighted by atomic mass is 9.86. The van der Waals surface area contributed by atoms with Gasteiger partial charge in [0.25, 0.3) is 0 Å². The highest BCUT2D eigenvalue weighted by molar-refractivity contribution is 5.66. The van der Waals surface area contributed by atoms with E-state index in [0.29, 0.717) is 24.7 Å². The van der Waals surface area contributed by atoms with Gasteiger partial charge >= 0.3 is 11.9 Å². The van der Waals surface area contributed by atoms with Crippen LogP contribution >= 0.6 is 0 Å². The largest absolute Gasteiger partial charge is 0.481 e. The van der Waals surface area contributed by atoms with Gasteiger partial charge in [0.05, 0.1) is 0 Å². The molecule has 4 heteroatoms. The maximum atomic E-state index is 10.2. The fourth-order valence-corrected chi connectivity index (χ4v) is 3.61. The SMILES string of the molecule is O=C(O)CCC1CCCCC1.O=C(O)CCC1CCCCC1. The van der Waals surface area contributed by atoms with Gasteiger partial charge in [-0.15, -0.1) is 0 Å². The first-order valence-electron chi connectivity index (χ1n) is 9.01. The third kappa shape index (κ3) is 9.80. The molecule has 2 aliphatic rings. The predicted molar refractivity (Wildman–Crippen MR) is 86.9 cm³/mol. The van der Waals surface area contributed by atoms with Crippen LogP contribution in [0.5, 0.6) is 0 Å². The lowest BCUT2D eigenvalue weighted by Crippen LogP contribution is -2.08. The van der Waals surface area contributed by atoms with E-state index >= 15 is 0 Å². The number of hydrogen-bond acceptors (Lipinski definition) is 2.